The van der Waals surface area contributed by atoms with E-state index in [2.05, 4.69) is 10.3 Å². The van der Waals surface area contributed by atoms with E-state index in [1.807, 2.05) is 29.2 Å². The number of alkyl halides is 3. The van der Waals surface area contributed by atoms with E-state index in [1.54, 1.807) is 14.2 Å². The van der Waals surface area contributed by atoms with Crippen LogP contribution in [0.15, 0.2) is 29.3 Å². The zero-order chi connectivity index (χ0) is 19.2. The average Bonchev–Trinajstić information content (AvgIpc) is 2.63. The summed E-state index contributed by atoms with van der Waals surface area (Å²) in [4.78, 5) is 7.75. The van der Waals surface area contributed by atoms with Crippen LogP contribution in [0.4, 0.5) is 13.2 Å². The number of aliphatic imine (C=N–C) groups is 1. The number of rotatable bonds is 5. The smallest absolute Gasteiger partial charge is 0.380 e. The van der Waals surface area contributed by atoms with E-state index in [-0.39, 0.29) is 0 Å². The van der Waals surface area contributed by atoms with Crippen LogP contribution in [0.3, 0.4) is 0 Å². The van der Waals surface area contributed by atoms with Crippen LogP contribution in [0.2, 0.25) is 0 Å². The molecule has 0 aromatic heterocycles. The summed E-state index contributed by atoms with van der Waals surface area (Å²) in [5.74, 6) is 0.705. The van der Waals surface area contributed by atoms with Gasteiger partial charge in [-0.2, -0.15) is 13.2 Å². The van der Waals surface area contributed by atoms with Crippen LogP contribution in [-0.2, 0) is 17.9 Å². The lowest BCUT2D eigenvalue weighted by molar-refractivity contribution is -0.181. The molecule has 0 radical (unpaired) electrons. The Hall–Kier alpha value is -1.80. The molecule has 2 rings (SSSR count). The Morgan fingerprint density at radius 2 is 1.81 bits per heavy atom. The molecule has 0 amide bonds. The van der Waals surface area contributed by atoms with E-state index in [1.165, 1.54) is 11.8 Å². The Labute approximate surface area is 152 Å². The zero-order valence-electron chi connectivity index (χ0n) is 15.5. The van der Waals surface area contributed by atoms with E-state index in [9.17, 15) is 13.2 Å². The first-order valence-electron chi connectivity index (χ1n) is 8.69. The maximum atomic E-state index is 12.9. The lowest BCUT2D eigenvalue weighted by atomic mass is 10.1. The lowest BCUT2D eigenvalue weighted by Crippen LogP contribution is -2.56. The van der Waals surface area contributed by atoms with Gasteiger partial charge in [0.15, 0.2) is 5.96 Å². The van der Waals surface area contributed by atoms with Gasteiger partial charge in [0.05, 0.1) is 6.61 Å². The highest BCUT2D eigenvalue weighted by Crippen LogP contribution is 2.25. The van der Waals surface area contributed by atoms with Gasteiger partial charge in [0, 0.05) is 46.9 Å². The highest BCUT2D eigenvalue weighted by atomic mass is 19.4. The van der Waals surface area contributed by atoms with Crippen LogP contribution in [0.25, 0.3) is 0 Å². The van der Waals surface area contributed by atoms with E-state index in [0.717, 1.165) is 11.1 Å². The number of benzene rings is 1. The normalized spacial score (nSPS) is 18.1. The molecule has 26 heavy (non-hydrogen) atoms. The average molecular weight is 372 g/mol. The summed E-state index contributed by atoms with van der Waals surface area (Å²) in [6.45, 7) is 4.09. The summed E-state index contributed by atoms with van der Waals surface area (Å²) >= 11 is 0. The van der Waals surface area contributed by atoms with Gasteiger partial charge in [0.2, 0.25) is 0 Å². The van der Waals surface area contributed by atoms with Crippen molar-refractivity contribution in [1.29, 1.82) is 0 Å². The molecular weight excluding hydrogens is 345 g/mol. The molecule has 1 N–H and O–H groups in total. The monoisotopic (exact) mass is 372 g/mol. The van der Waals surface area contributed by atoms with Gasteiger partial charge in [0.1, 0.15) is 6.04 Å². The van der Waals surface area contributed by atoms with Crippen LogP contribution in [-0.4, -0.2) is 68.3 Å². The predicted molar refractivity (Wildman–Crippen MR) is 96.0 cm³/mol. The maximum absolute atomic E-state index is 12.9. The van der Waals surface area contributed by atoms with E-state index in [4.69, 9.17) is 4.74 Å². The quantitative estimate of drug-likeness (QED) is 0.637. The van der Waals surface area contributed by atoms with Crippen LogP contribution in [0, 0.1) is 0 Å². The molecule has 1 aliphatic heterocycles. The Morgan fingerprint density at radius 3 is 2.35 bits per heavy atom. The number of hydrogen-bond acceptors (Lipinski definition) is 3. The number of halogens is 3. The Bertz CT molecular complexity index is 598. The molecule has 1 saturated heterocycles. The molecular formula is C18H27F3N4O. The number of methoxy groups -OCH3 is 1. The molecule has 5 nitrogen and oxygen atoms in total. The molecule has 1 aromatic carbocycles. The summed E-state index contributed by atoms with van der Waals surface area (Å²) in [7, 11) is 3.35. The van der Waals surface area contributed by atoms with Gasteiger partial charge in [-0.05, 0) is 18.1 Å². The lowest BCUT2D eigenvalue weighted by Gasteiger charge is -2.39. The molecule has 0 spiro atoms. The Morgan fingerprint density at radius 1 is 1.19 bits per heavy atom. The number of piperazine rings is 1. The minimum Gasteiger partial charge on any atom is -0.380 e. The maximum Gasteiger partial charge on any atom is 0.403 e. The zero-order valence-corrected chi connectivity index (χ0v) is 15.5. The van der Waals surface area contributed by atoms with Crippen molar-refractivity contribution in [2.45, 2.75) is 32.3 Å². The molecule has 1 heterocycles. The highest BCUT2D eigenvalue weighted by molar-refractivity contribution is 5.80. The van der Waals surface area contributed by atoms with Gasteiger partial charge in [-0.3, -0.25) is 9.89 Å². The van der Waals surface area contributed by atoms with Crippen LogP contribution < -0.4 is 5.32 Å². The molecule has 1 aliphatic rings. The Kier molecular flexibility index (Phi) is 7.28. The molecule has 0 aliphatic carbocycles. The van der Waals surface area contributed by atoms with Gasteiger partial charge in [-0.1, -0.05) is 24.3 Å². The van der Waals surface area contributed by atoms with Crippen LogP contribution in [0.5, 0.6) is 0 Å². The van der Waals surface area contributed by atoms with Crippen molar-refractivity contribution in [1.82, 2.24) is 15.1 Å². The predicted octanol–water partition coefficient (Wildman–Crippen LogP) is 2.48. The molecule has 1 atom stereocenters. The third-order valence-corrected chi connectivity index (χ3v) is 4.70. The molecule has 0 bridgehead atoms. The van der Waals surface area contributed by atoms with Crippen molar-refractivity contribution in [3.05, 3.63) is 35.4 Å². The molecule has 0 saturated carbocycles. The number of hydrogen-bond donors (Lipinski definition) is 1. The summed E-state index contributed by atoms with van der Waals surface area (Å²) in [5.41, 5.74) is 2.21. The minimum atomic E-state index is -4.19. The Balaban J connectivity index is 1.91. The second-order valence-electron chi connectivity index (χ2n) is 6.34. The third-order valence-electron chi connectivity index (χ3n) is 4.70. The van der Waals surface area contributed by atoms with Crippen molar-refractivity contribution in [3.63, 3.8) is 0 Å². The largest absolute Gasteiger partial charge is 0.403 e. The highest BCUT2D eigenvalue weighted by Gasteiger charge is 2.41. The van der Waals surface area contributed by atoms with Crippen molar-refractivity contribution in [3.8, 4) is 0 Å². The van der Waals surface area contributed by atoms with Gasteiger partial charge in [-0.15, -0.1) is 0 Å². The van der Waals surface area contributed by atoms with Crippen molar-refractivity contribution < 1.29 is 17.9 Å². The topological polar surface area (TPSA) is 40.1 Å². The molecule has 8 heteroatoms. The van der Waals surface area contributed by atoms with Crippen molar-refractivity contribution in [2.24, 2.45) is 4.99 Å². The molecule has 1 aromatic rings. The van der Waals surface area contributed by atoms with Crippen LogP contribution >= 0.6 is 0 Å². The second kappa shape index (κ2) is 9.23. The SMILES string of the molecule is CN=C(NCc1ccccc1COC)N1CCN(C(C)C(F)(F)F)CC1. The first kappa shape index (κ1) is 20.5. The van der Waals surface area contributed by atoms with E-state index in [0.29, 0.717) is 45.3 Å². The first-order chi connectivity index (χ1) is 12.4. The van der Waals surface area contributed by atoms with Gasteiger partial charge < -0.3 is 15.0 Å². The second-order valence-corrected chi connectivity index (χ2v) is 6.34. The van der Waals surface area contributed by atoms with E-state index < -0.39 is 12.2 Å². The molecule has 1 unspecified atom stereocenters. The van der Waals surface area contributed by atoms with Crippen molar-refractivity contribution in [2.75, 3.05) is 40.3 Å². The number of ether oxygens (including phenoxy) is 1. The van der Waals surface area contributed by atoms with Gasteiger partial charge in [0.25, 0.3) is 0 Å². The summed E-state index contributed by atoms with van der Waals surface area (Å²) in [6, 6.07) is 6.56. The number of nitrogens with one attached hydrogen (secondary N) is 1. The number of guanidine groups is 1. The fourth-order valence-electron chi connectivity index (χ4n) is 3.06. The van der Waals surface area contributed by atoms with E-state index >= 15 is 0 Å². The third kappa shape index (κ3) is 5.35. The minimum absolute atomic E-state index is 0.363. The summed E-state index contributed by atoms with van der Waals surface area (Å²) in [6.07, 6.45) is -4.19. The fourth-order valence-corrected chi connectivity index (χ4v) is 3.06. The standard InChI is InChI=1S/C18H27F3N4O/c1-14(18(19,20)21)24-8-10-25(11-9-24)17(22-2)23-12-15-6-4-5-7-16(15)13-26-3/h4-7,14H,8-13H2,1-3H3,(H,22,23). The molecule has 146 valence electrons. The summed E-state index contributed by atoms with van der Waals surface area (Å²) < 4.78 is 43.8. The number of nitrogens with zero attached hydrogens (tertiary/aromatic N) is 3. The fraction of sp³-hybridized carbons (Fsp3) is 0.611. The van der Waals surface area contributed by atoms with Gasteiger partial charge in [-0.25, -0.2) is 0 Å². The van der Waals surface area contributed by atoms with Crippen LogP contribution in [0.1, 0.15) is 18.1 Å². The van der Waals surface area contributed by atoms with Gasteiger partial charge >= 0.3 is 6.18 Å². The van der Waals surface area contributed by atoms with Crippen molar-refractivity contribution >= 4 is 5.96 Å². The molecule has 1 fully saturated rings. The summed E-state index contributed by atoms with van der Waals surface area (Å²) in [5, 5.41) is 3.31. The first-order valence-corrected chi connectivity index (χ1v) is 8.69.